The molecule has 0 aromatic carbocycles. The second-order valence-electron chi connectivity index (χ2n) is 8.06. The zero-order valence-corrected chi connectivity index (χ0v) is 14.5. The van der Waals surface area contributed by atoms with Crippen molar-refractivity contribution < 1.29 is 14.3 Å². The molecule has 2 unspecified atom stereocenters. The minimum atomic E-state index is -0.409. The van der Waals surface area contributed by atoms with Crippen LogP contribution in [-0.2, 0) is 14.3 Å². The molecule has 1 saturated heterocycles. The number of methoxy groups -OCH3 is 1. The smallest absolute Gasteiger partial charge is 0.310 e. The standard InChI is InChI=1S/C17H30N2O3/c1-11-6-14(7-11)19-9-12(15(20)22-5)8-13(10-19)18-16(21)17(2,3)4/h11-14H,6-10H2,1-5H3,(H,18,21). The number of hydrogen-bond donors (Lipinski definition) is 1. The van der Waals surface area contributed by atoms with Crippen LogP contribution < -0.4 is 5.32 Å². The largest absolute Gasteiger partial charge is 0.469 e. The molecule has 5 heteroatoms. The molecule has 2 atom stereocenters. The Kier molecular flexibility index (Phi) is 5.15. The predicted molar refractivity (Wildman–Crippen MR) is 85.3 cm³/mol. The molecule has 0 spiro atoms. The summed E-state index contributed by atoms with van der Waals surface area (Å²) in [5.74, 6) is 0.517. The molecule has 0 radical (unpaired) electrons. The first-order valence-corrected chi connectivity index (χ1v) is 8.33. The Morgan fingerprint density at radius 1 is 1.14 bits per heavy atom. The second kappa shape index (κ2) is 6.57. The predicted octanol–water partition coefficient (Wildman–Crippen LogP) is 1.81. The molecule has 1 aliphatic carbocycles. The lowest BCUT2D eigenvalue weighted by molar-refractivity contribution is -0.149. The summed E-state index contributed by atoms with van der Waals surface area (Å²) in [6, 6.07) is 0.581. The summed E-state index contributed by atoms with van der Waals surface area (Å²) < 4.78 is 4.93. The van der Waals surface area contributed by atoms with E-state index < -0.39 is 5.41 Å². The second-order valence-corrected chi connectivity index (χ2v) is 8.06. The minimum Gasteiger partial charge on any atom is -0.469 e. The fraction of sp³-hybridized carbons (Fsp3) is 0.882. The van der Waals surface area contributed by atoms with E-state index in [0.717, 1.165) is 19.0 Å². The molecule has 0 aromatic heterocycles. The van der Waals surface area contributed by atoms with Crippen LogP contribution in [0.4, 0.5) is 0 Å². The van der Waals surface area contributed by atoms with Crippen molar-refractivity contribution in [3.05, 3.63) is 0 Å². The van der Waals surface area contributed by atoms with Gasteiger partial charge in [-0.25, -0.2) is 0 Å². The summed E-state index contributed by atoms with van der Waals surface area (Å²) in [5, 5.41) is 3.12. The number of nitrogens with one attached hydrogen (secondary N) is 1. The molecule has 1 amide bonds. The van der Waals surface area contributed by atoms with Crippen molar-refractivity contribution in [2.75, 3.05) is 20.2 Å². The van der Waals surface area contributed by atoms with Crippen LogP contribution in [0.1, 0.15) is 47.0 Å². The highest BCUT2D eigenvalue weighted by Gasteiger charge is 2.40. The average molecular weight is 310 g/mol. The highest BCUT2D eigenvalue weighted by molar-refractivity contribution is 5.81. The molecule has 1 saturated carbocycles. The number of nitrogens with zero attached hydrogens (tertiary/aromatic N) is 1. The number of rotatable bonds is 3. The van der Waals surface area contributed by atoms with E-state index >= 15 is 0 Å². The van der Waals surface area contributed by atoms with E-state index in [1.807, 2.05) is 20.8 Å². The fourth-order valence-electron chi connectivity index (χ4n) is 3.43. The maximum absolute atomic E-state index is 12.2. The fourth-order valence-corrected chi connectivity index (χ4v) is 3.43. The van der Waals surface area contributed by atoms with Crippen LogP contribution in [0.15, 0.2) is 0 Å². The summed E-state index contributed by atoms with van der Waals surface area (Å²) in [6.07, 6.45) is 3.05. The van der Waals surface area contributed by atoms with Crippen LogP contribution in [0.2, 0.25) is 0 Å². The Labute approximate surface area is 133 Å². The van der Waals surface area contributed by atoms with Crippen molar-refractivity contribution in [2.45, 2.75) is 59.0 Å². The van der Waals surface area contributed by atoms with Gasteiger partial charge in [0.1, 0.15) is 0 Å². The quantitative estimate of drug-likeness (QED) is 0.808. The number of likely N-dealkylation sites (tertiary alicyclic amines) is 1. The third kappa shape index (κ3) is 4.00. The molecule has 1 N–H and O–H groups in total. The van der Waals surface area contributed by atoms with Gasteiger partial charge in [-0.3, -0.25) is 14.5 Å². The number of amides is 1. The van der Waals surface area contributed by atoms with Crippen LogP contribution in [-0.4, -0.2) is 49.1 Å². The van der Waals surface area contributed by atoms with Crippen molar-refractivity contribution in [3.63, 3.8) is 0 Å². The normalized spacial score (nSPS) is 33.0. The van der Waals surface area contributed by atoms with Crippen molar-refractivity contribution in [2.24, 2.45) is 17.3 Å². The summed E-state index contributed by atoms with van der Waals surface area (Å²) in [6.45, 7) is 9.59. The van der Waals surface area contributed by atoms with Crippen LogP contribution in [0.25, 0.3) is 0 Å². The minimum absolute atomic E-state index is 0.0282. The summed E-state index contributed by atoms with van der Waals surface area (Å²) >= 11 is 0. The molecule has 1 heterocycles. The topological polar surface area (TPSA) is 58.6 Å². The van der Waals surface area contributed by atoms with E-state index in [-0.39, 0.29) is 23.8 Å². The van der Waals surface area contributed by atoms with Gasteiger partial charge in [-0.2, -0.15) is 0 Å². The molecule has 5 nitrogen and oxygen atoms in total. The highest BCUT2D eigenvalue weighted by Crippen LogP contribution is 2.34. The first-order chi connectivity index (χ1) is 10.2. The van der Waals surface area contributed by atoms with Crippen molar-refractivity contribution in [1.82, 2.24) is 10.2 Å². The van der Waals surface area contributed by atoms with Gasteiger partial charge in [-0.05, 0) is 25.2 Å². The summed E-state index contributed by atoms with van der Waals surface area (Å²) in [5.41, 5.74) is -0.409. The Morgan fingerprint density at radius 2 is 1.77 bits per heavy atom. The van der Waals surface area contributed by atoms with Gasteiger partial charge >= 0.3 is 5.97 Å². The highest BCUT2D eigenvalue weighted by atomic mass is 16.5. The summed E-state index contributed by atoms with van der Waals surface area (Å²) in [4.78, 5) is 26.6. The lowest BCUT2D eigenvalue weighted by atomic mass is 9.79. The third-order valence-corrected chi connectivity index (χ3v) is 4.90. The van der Waals surface area contributed by atoms with Gasteiger partial charge in [0, 0.05) is 30.6 Å². The van der Waals surface area contributed by atoms with Gasteiger partial charge < -0.3 is 10.1 Å². The van der Waals surface area contributed by atoms with Crippen LogP contribution in [0.3, 0.4) is 0 Å². The van der Waals surface area contributed by atoms with Gasteiger partial charge in [0.05, 0.1) is 13.0 Å². The van der Waals surface area contributed by atoms with Crippen molar-refractivity contribution in [1.29, 1.82) is 0 Å². The number of ether oxygens (including phenoxy) is 1. The molecule has 2 rings (SSSR count). The monoisotopic (exact) mass is 310 g/mol. The molecule has 2 fully saturated rings. The lowest BCUT2D eigenvalue weighted by Gasteiger charge is -2.47. The molecular formula is C17H30N2O3. The van der Waals surface area contributed by atoms with E-state index in [4.69, 9.17) is 4.74 Å². The van der Waals surface area contributed by atoms with Crippen molar-refractivity contribution >= 4 is 11.9 Å². The van der Waals surface area contributed by atoms with E-state index in [1.54, 1.807) is 0 Å². The number of esters is 1. The molecule has 0 bridgehead atoms. The van der Waals surface area contributed by atoms with Crippen molar-refractivity contribution in [3.8, 4) is 0 Å². The maximum atomic E-state index is 12.2. The van der Waals surface area contributed by atoms with Crippen LogP contribution in [0, 0.1) is 17.3 Å². The molecule has 22 heavy (non-hydrogen) atoms. The van der Waals surface area contributed by atoms with E-state index in [1.165, 1.54) is 20.0 Å². The zero-order valence-electron chi connectivity index (χ0n) is 14.5. The number of piperidine rings is 1. The number of hydrogen-bond acceptors (Lipinski definition) is 4. The zero-order chi connectivity index (χ0) is 16.5. The Morgan fingerprint density at radius 3 is 2.27 bits per heavy atom. The molecule has 2 aliphatic rings. The summed E-state index contributed by atoms with van der Waals surface area (Å²) in [7, 11) is 1.44. The first kappa shape index (κ1) is 17.3. The van der Waals surface area contributed by atoms with Gasteiger partial charge in [0.15, 0.2) is 0 Å². The van der Waals surface area contributed by atoms with E-state index in [0.29, 0.717) is 12.5 Å². The SMILES string of the molecule is COC(=O)C1CC(NC(=O)C(C)(C)C)CN(C2CC(C)C2)C1. The Hall–Kier alpha value is -1.10. The van der Waals surface area contributed by atoms with E-state index in [2.05, 4.69) is 17.1 Å². The number of carbonyl (C=O) groups is 2. The van der Waals surface area contributed by atoms with Gasteiger partial charge in [0.2, 0.25) is 5.91 Å². The van der Waals surface area contributed by atoms with Gasteiger partial charge in [0.25, 0.3) is 0 Å². The Balaban J connectivity index is 2.02. The third-order valence-electron chi connectivity index (χ3n) is 4.90. The molecule has 126 valence electrons. The van der Waals surface area contributed by atoms with Crippen LogP contribution in [0.5, 0.6) is 0 Å². The first-order valence-electron chi connectivity index (χ1n) is 8.33. The van der Waals surface area contributed by atoms with Gasteiger partial charge in [-0.15, -0.1) is 0 Å². The molecular weight excluding hydrogens is 280 g/mol. The lowest BCUT2D eigenvalue weighted by Crippen LogP contribution is -2.58. The van der Waals surface area contributed by atoms with Crippen LogP contribution >= 0.6 is 0 Å². The Bertz CT molecular complexity index is 424. The van der Waals surface area contributed by atoms with E-state index in [9.17, 15) is 9.59 Å². The average Bonchev–Trinajstić information content (AvgIpc) is 2.41. The molecule has 0 aromatic rings. The number of carbonyl (C=O) groups excluding carboxylic acids is 2. The molecule has 1 aliphatic heterocycles. The van der Waals surface area contributed by atoms with Gasteiger partial charge in [-0.1, -0.05) is 27.7 Å². The maximum Gasteiger partial charge on any atom is 0.310 e.